The third-order valence-corrected chi connectivity index (χ3v) is 8.82. The van der Waals surface area contributed by atoms with Crippen LogP contribution in [0.5, 0.6) is 5.75 Å². The average molecular weight is 498 g/mol. The van der Waals surface area contributed by atoms with Crippen molar-refractivity contribution in [1.29, 1.82) is 0 Å². The molecule has 0 radical (unpaired) electrons. The molecule has 0 fully saturated rings. The number of rotatable bonds is 4. The highest BCUT2D eigenvalue weighted by molar-refractivity contribution is 7.15. The second-order valence-electron chi connectivity index (χ2n) is 9.55. The quantitative estimate of drug-likeness (QED) is 0.326. The number of thiophene rings is 1. The van der Waals surface area contributed by atoms with E-state index in [2.05, 4.69) is 53.3 Å². The van der Waals surface area contributed by atoms with Crippen molar-refractivity contribution in [2.75, 3.05) is 12.4 Å². The van der Waals surface area contributed by atoms with Crippen molar-refractivity contribution in [3.63, 3.8) is 0 Å². The molecule has 2 amide bonds. The summed E-state index contributed by atoms with van der Waals surface area (Å²) in [5.41, 5.74) is 6.91. The van der Waals surface area contributed by atoms with Gasteiger partial charge in [-0.05, 0) is 79.1 Å². The van der Waals surface area contributed by atoms with Crippen molar-refractivity contribution in [3.8, 4) is 10.8 Å². The van der Waals surface area contributed by atoms with Crippen molar-refractivity contribution >= 4 is 23.1 Å². The lowest BCUT2D eigenvalue weighted by Gasteiger charge is -2.32. The maximum Gasteiger partial charge on any atom is 0.322 e. The lowest BCUT2D eigenvalue weighted by molar-refractivity contribution is 0.194. The molecule has 1 aliphatic heterocycles. The van der Waals surface area contributed by atoms with E-state index in [9.17, 15) is 4.79 Å². The lowest BCUT2D eigenvalue weighted by atomic mass is 9.95. The van der Waals surface area contributed by atoms with E-state index < -0.39 is 0 Å². The number of aryl methyl sites for hydroxylation is 2. The molecule has 2 aliphatic rings. The predicted molar refractivity (Wildman–Crippen MR) is 146 cm³/mol. The van der Waals surface area contributed by atoms with E-state index in [1.54, 1.807) is 7.11 Å². The molecule has 1 aliphatic carbocycles. The van der Waals surface area contributed by atoms with Crippen LogP contribution in [0.2, 0.25) is 0 Å². The van der Waals surface area contributed by atoms with Crippen LogP contribution in [0.15, 0.2) is 66.9 Å². The van der Waals surface area contributed by atoms with E-state index in [0.29, 0.717) is 6.54 Å². The van der Waals surface area contributed by atoms with Crippen molar-refractivity contribution in [2.24, 2.45) is 0 Å². The fourth-order valence-electron chi connectivity index (χ4n) is 5.69. The van der Waals surface area contributed by atoms with E-state index >= 15 is 0 Å². The van der Waals surface area contributed by atoms with Gasteiger partial charge >= 0.3 is 6.03 Å². The summed E-state index contributed by atoms with van der Waals surface area (Å²) < 4.78 is 7.88. The minimum atomic E-state index is -0.247. The van der Waals surface area contributed by atoms with Crippen LogP contribution in [-0.4, -0.2) is 22.6 Å². The molecule has 4 aromatic rings. The Balaban J connectivity index is 1.50. The van der Waals surface area contributed by atoms with Crippen LogP contribution in [0.4, 0.5) is 10.5 Å². The van der Waals surface area contributed by atoms with E-state index in [1.807, 2.05) is 46.6 Å². The second kappa shape index (κ2) is 9.51. The van der Waals surface area contributed by atoms with Crippen molar-refractivity contribution in [2.45, 2.75) is 51.6 Å². The third-order valence-electron chi connectivity index (χ3n) is 7.49. The van der Waals surface area contributed by atoms with Gasteiger partial charge in [0.05, 0.1) is 25.4 Å². The van der Waals surface area contributed by atoms with Gasteiger partial charge in [-0.2, -0.15) is 0 Å². The highest BCUT2D eigenvalue weighted by Gasteiger charge is 2.36. The van der Waals surface area contributed by atoms with E-state index in [4.69, 9.17) is 4.74 Å². The summed E-state index contributed by atoms with van der Waals surface area (Å²) in [6.45, 7) is 2.69. The Morgan fingerprint density at radius 3 is 2.78 bits per heavy atom. The fraction of sp³-hybridized carbons (Fsp3) is 0.300. The smallest absolute Gasteiger partial charge is 0.322 e. The first-order chi connectivity index (χ1) is 17.7. The van der Waals surface area contributed by atoms with Crippen LogP contribution in [0.1, 0.15) is 58.6 Å². The topological polar surface area (TPSA) is 46.5 Å². The molecule has 3 heterocycles. The summed E-state index contributed by atoms with van der Waals surface area (Å²) >= 11 is 1.91. The number of methoxy groups -OCH3 is 1. The number of benzene rings is 2. The van der Waals surface area contributed by atoms with Gasteiger partial charge in [0.25, 0.3) is 0 Å². The summed E-state index contributed by atoms with van der Waals surface area (Å²) in [7, 11) is 1.69. The molecule has 0 unspecified atom stereocenters. The summed E-state index contributed by atoms with van der Waals surface area (Å²) in [6.07, 6.45) is 7.70. The van der Waals surface area contributed by atoms with Gasteiger partial charge in [0.1, 0.15) is 10.8 Å². The molecule has 0 saturated heterocycles. The maximum absolute atomic E-state index is 14.1. The zero-order valence-corrected chi connectivity index (χ0v) is 21.6. The minimum absolute atomic E-state index is 0.0833. The number of urea groups is 1. The van der Waals surface area contributed by atoms with Gasteiger partial charge in [-0.1, -0.05) is 37.3 Å². The van der Waals surface area contributed by atoms with Crippen molar-refractivity contribution in [1.82, 2.24) is 9.47 Å². The zero-order valence-electron chi connectivity index (χ0n) is 20.8. The Labute approximate surface area is 216 Å². The Bertz CT molecular complexity index is 1420. The minimum Gasteiger partial charge on any atom is -0.497 e. The largest absolute Gasteiger partial charge is 0.497 e. The normalized spacial score (nSPS) is 16.5. The van der Waals surface area contributed by atoms with Gasteiger partial charge in [-0.3, -0.25) is 0 Å². The number of ether oxygens (including phenoxy) is 1. The number of fused-ring (bicyclic) bond motifs is 5. The average Bonchev–Trinajstić information content (AvgIpc) is 3.50. The Hall–Kier alpha value is -3.51. The lowest BCUT2D eigenvalue weighted by Crippen LogP contribution is -2.38. The van der Waals surface area contributed by atoms with Gasteiger partial charge in [-0.15, -0.1) is 11.3 Å². The van der Waals surface area contributed by atoms with E-state index in [-0.39, 0.29) is 12.1 Å². The number of hydrogen-bond acceptors (Lipinski definition) is 3. The highest BCUT2D eigenvalue weighted by Crippen LogP contribution is 2.44. The molecule has 184 valence electrons. The molecule has 5 nitrogen and oxygen atoms in total. The molecular formula is C30H31N3O2S. The third kappa shape index (κ3) is 3.90. The monoisotopic (exact) mass is 497 g/mol. The van der Waals surface area contributed by atoms with Gasteiger partial charge in [0, 0.05) is 22.3 Å². The van der Waals surface area contributed by atoms with Crippen LogP contribution >= 0.6 is 11.3 Å². The molecule has 0 bridgehead atoms. The van der Waals surface area contributed by atoms with E-state index in [1.165, 1.54) is 33.8 Å². The number of para-hydroxylation sites is 1. The fourth-order valence-corrected chi connectivity index (χ4v) is 7.09. The molecular weight excluding hydrogens is 466 g/mol. The summed E-state index contributed by atoms with van der Waals surface area (Å²) in [6, 6.07) is 20.1. The number of carbonyl (C=O) groups excluding carboxylic acids is 1. The van der Waals surface area contributed by atoms with Gasteiger partial charge < -0.3 is 19.5 Å². The van der Waals surface area contributed by atoms with Crippen LogP contribution in [-0.2, 0) is 25.8 Å². The first-order valence-corrected chi connectivity index (χ1v) is 13.6. The van der Waals surface area contributed by atoms with Crippen LogP contribution in [0.3, 0.4) is 0 Å². The van der Waals surface area contributed by atoms with Gasteiger partial charge in [0.15, 0.2) is 0 Å². The van der Waals surface area contributed by atoms with Crippen molar-refractivity contribution in [3.05, 3.63) is 99.7 Å². The SMILES string of the molecule is CCc1ccccc1NC(=O)N1Cc2c(sc3c2CCCC3)-n2cccc2[C@@H]1c1cccc(OC)c1. The van der Waals surface area contributed by atoms with Gasteiger partial charge in [-0.25, -0.2) is 4.79 Å². The number of nitrogens with one attached hydrogen (secondary N) is 1. The van der Waals surface area contributed by atoms with Gasteiger partial charge in [0.2, 0.25) is 0 Å². The van der Waals surface area contributed by atoms with Crippen LogP contribution < -0.4 is 10.1 Å². The predicted octanol–water partition coefficient (Wildman–Crippen LogP) is 7.13. The summed E-state index contributed by atoms with van der Waals surface area (Å²) in [5, 5.41) is 4.53. The molecule has 0 spiro atoms. The maximum atomic E-state index is 14.1. The van der Waals surface area contributed by atoms with Crippen LogP contribution in [0.25, 0.3) is 5.00 Å². The molecule has 36 heavy (non-hydrogen) atoms. The highest BCUT2D eigenvalue weighted by atomic mass is 32.1. The number of amides is 2. The number of nitrogens with zero attached hydrogens (tertiary/aromatic N) is 2. The number of hydrogen-bond donors (Lipinski definition) is 1. The first-order valence-electron chi connectivity index (χ1n) is 12.8. The molecule has 1 N–H and O–H groups in total. The Morgan fingerprint density at radius 2 is 1.92 bits per heavy atom. The van der Waals surface area contributed by atoms with E-state index in [0.717, 1.165) is 47.5 Å². The Kier molecular flexibility index (Phi) is 6.05. The number of aromatic nitrogens is 1. The molecule has 6 rings (SSSR count). The zero-order chi connectivity index (χ0) is 24.6. The molecule has 0 saturated carbocycles. The van der Waals surface area contributed by atoms with Crippen LogP contribution in [0, 0.1) is 0 Å². The number of carbonyl (C=O) groups is 1. The summed E-state index contributed by atoms with van der Waals surface area (Å²) in [5.74, 6) is 0.790. The second-order valence-corrected chi connectivity index (χ2v) is 10.6. The Morgan fingerprint density at radius 1 is 1.06 bits per heavy atom. The number of anilines is 1. The first kappa shape index (κ1) is 22.9. The molecule has 2 aromatic carbocycles. The van der Waals surface area contributed by atoms with Crippen molar-refractivity contribution < 1.29 is 9.53 Å². The molecule has 1 atom stereocenters. The molecule has 6 heteroatoms. The summed E-state index contributed by atoms with van der Waals surface area (Å²) in [4.78, 5) is 17.6. The molecule has 2 aromatic heterocycles. The standard InChI is InChI=1S/C30H31N3O2S/c1-3-20-10-4-6-14-25(20)31-30(34)33-19-24-23-13-5-7-16-27(23)36-29(24)32-17-9-15-26(32)28(33)21-11-8-12-22(18-21)35-2/h4,6,8-12,14-15,17-18,28H,3,5,7,13,16,19H2,1-2H3,(H,31,34)/t28-/m0/s1.